The van der Waals surface area contributed by atoms with Crippen LogP contribution in [-0.4, -0.2) is 47.5 Å². The number of rotatable bonds is 2. The Bertz CT molecular complexity index is 288. The molecule has 17 heavy (non-hydrogen) atoms. The van der Waals surface area contributed by atoms with E-state index in [4.69, 9.17) is 0 Å². The van der Waals surface area contributed by atoms with Gasteiger partial charge in [-0.15, -0.1) is 0 Å². The molecule has 2 atom stereocenters. The highest BCUT2D eigenvalue weighted by molar-refractivity contribution is 5.80. The van der Waals surface area contributed by atoms with E-state index in [0.29, 0.717) is 24.4 Å². The van der Waals surface area contributed by atoms with Crippen LogP contribution in [0.5, 0.6) is 0 Å². The molecule has 96 valence electrons. The van der Waals surface area contributed by atoms with Crippen LogP contribution < -0.4 is 5.43 Å². The van der Waals surface area contributed by atoms with Gasteiger partial charge in [0, 0.05) is 32.1 Å². The summed E-state index contributed by atoms with van der Waals surface area (Å²) in [7, 11) is 0. The highest BCUT2D eigenvalue weighted by Crippen LogP contribution is 2.28. The lowest BCUT2D eigenvalue weighted by Gasteiger charge is -2.36. The minimum Gasteiger partial charge on any atom is -0.338 e. The van der Waals surface area contributed by atoms with Crippen molar-refractivity contribution in [2.45, 2.75) is 57.0 Å². The molecule has 3 rings (SSSR count). The van der Waals surface area contributed by atoms with Gasteiger partial charge in [0.1, 0.15) is 0 Å². The van der Waals surface area contributed by atoms with Crippen molar-refractivity contribution in [1.82, 2.24) is 15.3 Å². The van der Waals surface area contributed by atoms with Gasteiger partial charge in [-0.1, -0.05) is 6.42 Å². The predicted octanol–water partition coefficient (Wildman–Crippen LogP) is 1.13. The fourth-order valence-electron chi connectivity index (χ4n) is 3.52. The number of nitrogens with one attached hydrogen (secondary N) is 1. The third kappa shape index (κ3) is 2.33. The Labute approximate surface area is 103 Å². The van der Waals surface area contributed by atoms with Gasteiger partial charge in [-0.2, -0.15) is 0 Å². The highest BCUT2D eigenvalue weighted by Gasteiger charge is 2.41. The molecule has 3 fully saturated rings. The second-order valence-electron chi connectivity index (χ2n) is 5.64. The number of carbonyl (C=O) groups is 1. The van der Waals surface area contributed by atoms with Crippen LogP contribution in [-0.2, 0) is 4.79 Å². The molecule has 1 N–H and O–H groups in total. The molecule has 0 spiro atoms. The molecule has 3 aliphatic heterocycles. The Balaban J connectivity index is 1.60. The van der Waals surface area contributed by atoms with E-state index in [0.717, 1.165) is 19.6 Å². The minimum atomic E-state index is 0.365. The molecule has 0 bridgehead atoms. The van der Waals surface area contributed by atoms with Gasteiger partial charge >= 0.3 is 0 Å². The van der Waals surface area contributed by atoms with Gasteiger partial charge in [-0.3, -0.25) is 4.79 Å². The van der Waals surface area contributed by atoms with Crippen molar-refractivity contribution in [1.29, 1.82) is 0 Å². The summed E-state index contributed by atoms with van der Waals surface area (Å²) in [6.07, 6.45) is 8.32. The van der Waals surface area contributed by atoms with Crippen molar-refractivity contribution >= 4 is 5.91 Å². The molecule has 0 aliphatic carbocycles. The minimum absolute atomic E-state index is 0.365. The van der Waals surface area contributed by atoms with Crippen LogP contribution in [0.1, 0.15) is 44.9 Å². The number of piperidine rings is 2. The zero-order chi connectivity index (χ0) is 11.7. The molecule has 0 radical (unpaired) electrons. The monoisotopic (exact) mass is 237 g/mol. The average molecular weight is 237 g/mol. The molecule has 1 amide bonds. The summed E-state index contributed by atoms with van der Waals surface area (Å²) in [5.41, 5.74) is 3.62. The Morgan fingerprint density at radius 3 is 2.59 bits per heavy atom. The van der Waals surface area contributed by atoms with Crippen molar-refractivity contribution in [3.05, 3.63) is 0 Å². The maximum Gasteiger partial charge on any atom is 0.224 e. The Hall–Kier alpha value is -0.610. The molecule has 4 heteroatoms. The van der Waals surface area contributed by atoms with E-state index in [1.807, 2.05) is 0 Å². The van der Waals surface area contributed by atoms with Crippen molar-refractivity contribution < 1.29 is 4.79 Å². The first-order chi connectivity index (χ1) is 8.34. The lowest BCUT2D eigenvalue weighted by atomic mass is 9.99. The van der Waals surface area contributed by atoms with Crippen molar-refractivity contribution in [2.75, 3.05) is 19.6 Å². The van der Waals surface area contributed by atoms with E-state index in [9.17, 15) is 4.79 Å². The zero-order valence-corrected chi connectivity index (χ0v) is 10.5. The standard InChI is InChI=1S/C13H23N3O/c17-13-10-11(12-6-2-5-9-16(12)13)14-15-7-3-1-4-8-15/h11-12,14H,1-10H2. The Kier molecular flexibility index (Phi) is 3.34. The number of hydrogen-bond donors (Lipinski definition) is 1. The summed E-state index contributed by atoms with van der Waals surface area (Å²) in [4.78, 5) is 14.0. The van der Waals surface area contributed by atoms with E-state index in [1.54, 1.807) is 0 Å². The molecule has 0 aromatic carbocycles. The fourth-order valence-corrected chi connectivity index (χ4v) is 3.52. The van der Waals surface area contributed by atoms with Gasteiger partial charge < -0.3 is 4.90 Å². The van der Waals surface area contributed by atoms with Crippen LogP contribution in [0.2, 0.25) is 0 Å². The normalized spacial score (nSPS) is 35.1. The second kappa shape index (κ2) is 4.94. The zero-order valence-electron chi connectivity index (χ0n) is 10.5. The van der Waals surface area contributed by atoms with E-state index in [2.05, 4.69) is 15.3 Å². The largest absolute Gasteiger partial charge is 0.338 e. The molecule has 2 unspecified atom stereocenters. The summed E-state index contributed by atoms with van der Waals surface area (Å²) >= 11 is 0. The van der Waals surface area contributed by atoms with Gasteiger partial charge in [0.05, 0.1) is 6.04 Å². The predicted molar refractivity (Wildman–Crippen MR) is 66.3 cm³/mol. The smallest absolute Gasteiger partial charge is 0.224 e. The SMILES string of the molecule is O=C1CC(NN2CCCCC2)C2CCCCN12. The maximum absolute atomic E-state index is 11.9. The molecule has 4 nitrogen and oxygen atoms in total. The van der Waals surface area contributed by atoms with Crippen molar-refractivity contribution in [2.24, 2.45) is 0 Å². The van der Waals surface area contributed by atoms with Gasteiger partial charge in [0.25, 0.3) is 0 Å². The lowest BCUT2D eigenvalue weighted by Crippen LogP contribution is -2.52. The lowest BCUT2D eigenvalue weighted by molar-refractivity contribution is -0.129. The molecule has 0 saturated carbocycles. The maximum atomic E-state index is 11.9. The molecule has 3 heterocycles. The summed E-state index contributed by atoms with van der Waals surface area (Å²) in [5, 5.41) is 2.35. The quantitative estimate of drug-likeness (QED) is 0.782. The van der Waals surface area contributed by atoms with E-state index >= 15 is 0 Å². The first-order valence-corrected chi connectivity index (χ1v) is 7.15. The molecule has 0 aromatic rings. The summed E-state index contributed by atoms with van der Waals surface area (Å²) in [6, 6.07) is 0.846. The number of hydrogen-bond acceptors (Lipinski definition) is 3. The summed E-state index contributed by atoms with van der Waals surface area (Å²) in [5.74, 6) is 0.365. The summed E-state index contributed by atoms with van der Waals surface area (Å²) in [6.45, 7) is 3.29. The first kappa shape index (κ1) is 11.5. The number of amides is 1. The van der Waals surface area contributed by atoms with Crippen LogP contribution in [0.3, 0.4) is 0 Å². The van der Waals surface area contributed by atoms with E-state index in [-0.39, 0.29) is 0 Å². The van der Waals surface area contributed by atoms with E-state index < -0.39 is 0 Å². The van der Waals surface area contributed by atoms with Crippen LogP contribution in [0.4, 0.5) is 0 Å². The third-order valence-corrected chi connectivity index (χ3v) is 4.43. The van der Waals surface area contributed by atoms with Gasteiger partial charge in [0.15, 0.2) is 0 Å². The van der Waals surface area contributed by atoms with Crippen LogP contribution in [0, 0.1) is 0 Å². The van der Waals surface area contributed by atoms with Crippen molar-refractivity contribution in [3.63, 3.8) is 0 Å². The van der Waals surface area contributed by atoms with E-state index in [1.165, 1.54) is 38.5 Å². The average Bonchev–Trinajstić information content (AvgIpc) is 2.69. The number of hydrazine groups is 1. The molecule has 0 aromatic heterocycles. The number of carbonyl (C=O) groups excluding carboxylic acids is 1. The highest BCUT2D eigenvalue weighted by atomic mass is 16.2. The van der Waals surface area contributed by atoms with Crippen LogP contribution >= 0.6 is 0 Å². The van der Waals surface area contributed by atoms with Gasteiger partial charge in [-0.25, -0.2) is 10.4 Å². The summed E-state index contributed by atoms with van der Waals surface area (Å²) < 4.78 is 0. The number of nitrogens with zero attached hydrogens (tertiary/aromatic N) is 2. The van der Waals surface area contributed by atoms with Crippen molar-refractivity contribution in [3.8, 4) is 0 Å². The third-order valence-electron chi connectivity index (χ3n) is 4.43. The molecular formula is C13H23N3O. The van der Waals surface area contributed by atoms with Gasteiger partial charge in [-0.05, 0) is 32.1 Å². The Morgan fingerprint density at radius 2 is 1.76 bits per heavy atom. The topological polar surface area (TPSA) is 35.6 Å². The second-order valence-corrected chi connectivity index (χ2v) is 5.64. The molecular weight excluding hydrogens is 214 g/mol. The Morgan fingerprint density at radius 1 is 1.00 bits per heavy atom. The first-order valence-electron chi connectivity index (χ1n) is 7.15. The van der Waals surface area contributed by atoms with Crippen LogP contribution in [0.15, 0.2) is 0 Å². The molecule has 3 saturated heterocycles. The fraction of sp³-hybridized carbons (Fsp3) is 0.923. The number of fused-ring (bicyclic) bond motifs is 1. The molecule has 3 aliphatic rings. The van der Waals surface area contributed by atoms with Crippen LogP contribution in [0.25, 0.3) is 0 Å². The van der Waals surface area contributed by atoms with Gasteiger partial charge in [0.2, 0.25) is 5.91 Å².